The van der Waals surface area contributed by atoms with E-state index in [-0.39, 0.29) is 11.9 Å². The second-order valence-corrected chi connectivity index (χ2v) is 8.58. The second kappa shape index (κ2) is 7.31. The molecule has 0 saturated heterocycles. The van der Waals surface area contributed by atoms with E-state index in [4.69, 9.17) is 15.2 Å². The quantitative estimate of drug-likeness (QED) is 0.523. The Hall–Kier alpha value is -3.91. The Labute approximate surface area is 190 Å². The van der Waals surface area contributed by atoms with Crippen LogP contribution in [0.1, 0.15) is 33.1 Å². The van der Waals surface area contributed by atoms with Crippen molar-refractivity contribution in [2.75, 3.05) is 19.4 Å². The lowest BCUT2D eigenvalue weighted by Crippen LogP contribution is -2.32. The third kappa shape index (κ3) is 3.14. The van der Waals surface area contributed by atoms with E-state index in [1.54, 1.807) is 15.6 Å². The predicted octanol–water partition coefficient (Wildman–Crippen LogP) is 3.45. The number of anilines is 1. The van der Waals surface area contributed by atoms with Crippen LogP contribution >= 0.6 is 0 Å². The van der Waals surface area contributed by atoms with Gasteiger partial charge in [-0.1, -0.05) is 12.1 Å². The Morgan fingerprint density at radius 2 is 2.00 bits per heavy atom. The summed E-state index contributed by atoms with van der Waals surface area (Å²) in [6.07, 6.45) is 3.79. The number of carbonyl (C=O) groups is 1. The van der Waals surface area contributed by atoms with Gasteiger partial charge in [0.2, 0.25) is 0 Å². The van der Waals surface area contributed by atoms with Crippen molar-refractivity contribution in [2.24, 2.45) is 7.05 Å². The van der Waals surface area contributed by atoms with Gasteiger partial charge in [0.15, 0.2) is 0 Å². The zero-order valence-electron chi connectivity index (χ0n) is 18.4. The van der Waals surface area contributed by atoms with E-state index in [0.717, 1.165) is 44.5 Å². The predicted molar refractivity (Wildman–Crippen MR) is 124 cm³/mol. The summed E-state index contributed by atoms with van der Waals surface area (Å²) in [5.74, 6) is 1.23. The molecule has 0 saturated carbocycles. The summed E-state index contributed by atoms with van der Waals surface area (Å²) < 4.78 is 13.3. The molecule has 0 bridgehead atoms. The van der Waals surface area contributed by atoms with Crippen molar-refractivity contribution in [3.8, 4) is 16.9 Å². The lowest BCUT2D eigenvalue weighted by atomic mass is 10.0. The number of hydrogen-bond donors (Lipinski definition) is 1. The number of likely N-dealkylation sites (N-methyl/N-ethyl adjacent to an activating group) is 1. The first-order chi connectivity index (χ1) is 16.0. The Kier molecular flexibility index (Phi) is 4.38. The van der Waals surface area contributed by atoms with Gasteiger partial charge in [-0.25, -0.2) is 4.98 Å². The van der Waals surface area contributed by atoms with Crippen molar-refractivity contribution in [3.05, 3.63) is 71.0 Å². The lowest BCUT2D eigenvalue weighted by molar-refractivity contribution is 0.0708. The van der Waals surface area contributed by atoms with Crippen LogP contribution in [0.5, 0.6) is 5.75 Å². The first-order valence-corrected chi connectivity index (χ1v) is 10.8. The Bertz CT molecular complexity index is 1430. The molecule has 2 aliphatic heterocycles. The molecule has 4 heterocycles. The Morgan fingerprint density at radius 1 is 1.15 bits per heavy atom. The van der Waals surface area contributed by atoms with Gasteiger partial charge >= 0.3 is 0 Å². The SMILES string of the molecule is CN(C(=O)c1ccc2nc(N)c3c(c2c1)COC3)[C@@H]1COc2cc(-c3cnn(C)c3)ccc21. The Morgan fingerprint density at radius 3 is 2.82 bits per heavy atom. The summed E-state index contributed by atoms with van der Waals surface area (Å²) in [6.45, 7) is 1.36. The van der Waals surface area contributed by atoms with Crippen molar-refractivity contribution in [2.45, 2.75) is 19.3 Å². The first-order valence-electron chi connectivity index (χ1n) is 10.8. The van der Waals surface area contributed by atoms with Crippen molar-refractivity contribution in [1.82, 2.24) is 19.7 Å². The number of ether oxygens (including phenoxy) is 2. The van der Waals surface area contributed by atoms with Crippen LogP contribution < -0.4 is 10.5 Å². The molecule has 2 aliphatic rings. The van der Waals surface area contributed by atoms with Gasteiger partial charge in [0.1, 0.15) is 18.2 Å². The van der Waals surface area contributed by atoms with Gasteiger partial charge in [0.05, 0.1) is 31.0 Å². The van der Waals surface area contributed by atoms with Crippen LogP contribution in [0.4, 0.5) is 5.82 Å². The number of nitrogen functional groups attached to an aromatic ring is 1. The summed E-state index contributed by atoms with van der Waals surface area (Å²) in [4.78, 5) is 19.7. The lowest BCUT2D eigenvalue weighted by Gasteiger charge is -2.24. The monoisotopic (exact) mass is 441 g/mol. The van der Waals surface area contributed by atoms with Crippen molar-refractivity contribution >= 4 is 22.6 Å². The number of rotatable bonds is 3. The fraction of sp³-hybridized carbons (Fsp3) is 0.240. The molecular weight excluding hydrogens is 418 g/mol. The normalized spacial score (nSPS) is 16.5. The van der Waals surface area contributed by atoms with Crippen LogP contribution in [0, 0.1) is 0 Å². The number of hydrogen-bond acceptors (Lipinski definition) is 6. The maximum absolute atomic E-state index is 13.4. The molecule has 1 amide bonds. The summed E-state index contributed by atoms with van der Waals surface area (Å²) in [5.41, 5.74) is 12.5. The zero-order chi connectivity index (χ0) is 22.7. The fourth-order valence-corrected chi connectivity index (χ4v) is 4.71. The van der Waals surface area contributed by atoms with Gasteiger partial charge in [-0.15, -0.1) is 0 Å². The molecular formula is C25H23N5O3. The van der Waals surface area contributed by atoms with E-state index in [2.05, 4.69) is 10.1 Å². The molecule has 33 heavy (non-hydrogen) atoms. The molecule has 166 valence electrons. The van der Waals surface area contributed by atoms with E-state index in [9.17, 15) is 4.79 Å². The molecule has 2 aromatic heterocycles. The molecule has 4 aromatic rings. The van der Waals surface area contributed by atoms with Gasteiger partial charge < -0.3 is 20.1 Å². The third-order valence-electron chi connectivity index (χ3n) is 6.57. The standard InChI is InChI=1S/C25H23N5O3/c1-29-10-16(9-27-29)14-3-5-17-22(13-33-23(17)8-14)30(2)25(31)15-4-6-21-18(7-15)19-11-32-12-20(19)24(26)28-21/h3-10,22H,11-13H2,1-2H3,(H2,26,28)/t22-/m1/s1. The maximum atomic E-state index is 13.4. The largest absolute Gasteiger partial charge is 0.491 e. The Balaban J connectivity index is 1.30. The minimum Gasteiger partial charge on any atom is -0.491 e. The van der Waals surface area contributed by atoms with E-state index in [1.165, 1.54) is 0 Å². The average Bonchev–Trinajstić information content (AvgIpc) is 3.57. The molecule has 8 heteroatoms. The zero-order valence-corrected chi connectivity index (χ0v) is 18.4. The van der Waals surface area contributed by atoms with Crippen LogP contribution in [-0.4, -0.2) is 39.2 Å². The molecule has 0 radical (unpaired) electrons. The first kappa shape index (κ1) is 19.8. The van der Waals surface area contributed by atoms with Crippen molar-refractivity contribution < 1.29 is 14.3 Å². The molecule has 0 aliphatic carbocycles. The number of carbonyl (C=O) groups excluding carboxylic acids is 1. The number of aryl methyl sites for hydroxylation is 1. The van der Waals surface area contributed by atoms with Crippen LogP contribution in [-0.2, 0) is 25.0 Å². The minimum atomic E-state index is -0.162. The number of fused-ring (bicyclic) bond motifs is 4. The highest BCUT2D eigenvalue weighted by Crippen LogP contribution is 2.39. The van der Waals surface area contributed by atoms with E-state index >= 15 is 0 Å². The van der Waals surface area contributed by atoms with Crippen LogP contribution in [0.3, 0.4) is 0 Å². The molecule has 6 rings (SSSR count). The molecule has 0 fully saturated rings. The number of nitrogens with zero attached hydrogens (tertiary/aromatic N) is 4. The highest BCUT2D eigenvalue weighted by Gasteiger charge is 2.31. The maximum Gasteiger partial charge on any atom is 0.254 e. The summed E-state index contributed by atoms with van der Waals surface area (Å²) in [5, 5.41) is 5.15. The molecule has 2 aromatic carbocycles. The number of amides is 1. The van der Waals surface area contributed by atoms with Crippen LogP contribution in [0.15, 0.2) is 48.8 Å². The molecule has 8 nitrogen and oxygen atoms in total. The van der Waals surface area contributed by atoms with Crippen molar-refractivity contribution in [3.63, 3.8) is 0 Å². The van der Waals surface area contributed by atoms with Gasteiger partial charge in [0.25, 0.3) is 5.91 Å². The minimum absolute atomic E-state index is 0.0702. The number of aromatic nitrogens is 3. The molecule has 2 N–H and O–H groups in total. The van der Waals surface area contributed by atoms with Crippen LogP contribution in [0.25, 0.3) is 22.0 Å². The summed E-state index contributed by atoms with van der Waals surface area (Å²) >= 11 is 0. The van der Waals surface area contributed by atoms with Gasteiger partial charge in [0, 0.05) is 47.9 Å². The fourth-order valence-electron chi connectivity index (χ4n) is 4.71. The number of benzene rings is 2. The van der Waals surface area contributed by atoms with Gasteiger partial charge in [-0.3, -0.25) is 9.48 Å². The van der Waals surface area contributed by atoms with Crippen molar-refractivity contribution in [1.29, 1.82) is 0 Å². The smallest absolute Gasteiger partial charge is 0.254 e. The van der Waals surface area contributed by atoms with Gasteiger partial charge in [-0.05, 0) is 35.4 Å². The molecule has 0 spiro atoms. The average molecular weight is 441 g/mol. The van der Waals surface area contributed by atoms with Crippen LogP contribution in [0.2, 0.25) is 0 Å². The van der Waals surface area contributed by atoms with Gasteiger partial charge in [-0.2, -0.15) is 5.10 Å². The number of nitrogens with two attached hydrogens (primary N) is 1. The highest BCUT2D eigenvalue weighted by atomic mass is 16.5. The van der Waals surface area contributed by atoms with E-state index in [0.29, 0.717) is 31.2 Å². The molecule has 0 unspecified atom stereocenters. The number of pyridine rings is 1. The topological polar surface area (TPSA) is 95.5 Å². The second-order valence-electron chi connectivity index (χ2n) is 8.58. The summed E-state index contributed by atoms with van der Waals surface area (Å²) in [7, 11) is 3.71. The molecule has 1 atom stereocenters. The van der Waals surface area contributed by atoms with E-state index in [1.807, 2.05) is 56.8 Å². The van der Waals surface area contributed by atoms with E-state index < -0.39 is 0 Å². The summed E-state index contributed by atoms with van der Waals surface area (Å²) in [6, 6.07) is 11.5. The highest BCUT2D eigenvalue weighted by molar-refractivity contribution is 5.99. The third-order valence-corrected chi connectivity index (χ3v) is 6.57.